The molecule has 1 atom stereocenters. The van der Waals surface area contributed by atoms with Gasteiger partial charge in [0.1, 0.15) is 6.61 Å². The molecule has 1 amide bonds. The number of benzene rings is 2. The summed E-state index contributed by atoms with van der Waals surface area (Å²) >= 11 is 0. The van der Waals surface area contributed by atoms with Gasteiger partial charge in [-0.25, -0.2) is 4.39 Å². The van der Waals surface area contributed by atoms with Crippen LogP contribution in [0.25, 0.3) is 0 Å². The average molecular weight is 383 g/mol. The zero-order chi connectivity index (χ0) is 17.9. The Balaban J connectivity index is 0.00000338. The quantitative estimate of drug-likeness (QED) is 0.620. The molecule has 142 valence electrons. The highest BCUT2D eigenvalue weighted by molar-refractivity contribution is 5.85. The molecule has 0 spiro atoms. The first-order valence-corrected chi connectivity index (χ1v) is 8.12. The summed E-state index contributed by atoms with van der Waals surface area (Å²) in [4.78, 5) is 12.1. The molecule has 0 saturated carbocycles. The van der Waals surface area contributed by atoms with Crippen LogP contribution in [-0.2, 0) is 9.53 Å². The number of methoxy groups -OCH3 is 1. The van der Waals surface area contributed by atoms with Crippen molar-refractivity contribution in [2.24, 2.45) is 0 Å². The van der Waals surface area contributed by atoms with Crippen LogP contribution < -0.4 is 15.4 Å². The molecular weight excluding hydrogens is 359 g/mol. The van der Waals surface area contributed by atoms with Gasteiger partial charge in [-0.15, -0.1) is 12.4 Å². The fourth-order valence-corrected chi connectivity index (χ4v) is 2.26. The number of ether oxygens (including phenoxy) is 2. The Hall–Kier alpha value is -2.15. The SMILES string of the molecule is COCCNCC(=O)NC(COc1ccccc1F)c1ccccc1.Cl. The second-order valence-corrected chi connectivity index (χ2v) is 5.44. The second kappa shape index (κ2) is 12.2. The summed E-state index contributed by atoms with van der Waals surface area (Å²) in [6.07, 6.45) is 0. The van der Waals surface area contributed by atoms with Crippen molar-refractivity contribution >= 4 is 18.3 Å². The van der Waals surface area contributed by atoms with Crippen LogP contribution in [0.15, 0.2) is 54.6 Å². The van der Waals surface area contributed by atoms with Crippen LogP contribution in [0, 0.1) is 5.82 Å². The van der Waals surface area contributed by atoms with E-state index in [-0.39, 0.29) is 43.3 Å². The smallest absolute Gasteiger partial charge is 0.234 e. The van der Waals surface area contributed by atoms with Gasteiger partial charge in [0.15, 0.2) is 11.6 Å². The fraction of sp³-hybridized carbons (Fsp3) is 0.316. The Morgan fingerprint density at radius 3 is 2.50 bits per heavy atom. The van der Waals surface area contributed by atoms with Crippen LogP contribution in [0.5, 0.6) is 5.75 Å². The van der Waals surface area contributed by atoms with Gasteiger partial charge in [-0.1, -0.05) is 42.5 Å². The number of rotatable bonds is 10. The maximum absolute atomic E-state index is 13.7. The zero-order valence-corrected chi connectivity index (χ0v) is 15.4. The van der Waals surface area contributed by atoms with Crippen LogP contribution in [0.3, 0.4) is 0 Å². The largest absolute Gasteiger partial charge is 0.488 e. The lowest BCUT2D eigenvalue weighted by molar-refractivity contribution is -0.121. The third-order valence-electron chi connectivity index (χ3n) is 3.55. The number of nitrogens with one attached hydrogen (secondary N) is 2. The number of para-hydroxylation sites is 1. The maximum Gasteiger partial charge on any atom is 0.234 e. The van der Waals surface area contributed by atoms with Crippen LogP contribution in [0.4, 0.5) is 4.39 Å². The van der Waals surface area contributed by atoms with Gasteiger partial charge in [0.2, 0.25) is 5.91 Å². The minimum Gasteiger partial charge on any atom is -0.488 e. The first-order chi connectivity index (χ1) is 12.2. The minimum absolute atomic E-state index is 0. The third-order valence-corrected chi connectivity index (χ3v) is 3.55. The molecule has 0 aliphatic heterocycles. The van der Waals surface area contributed by atoms with Crippen LogP contribution in [0.2, 0.25) is 0 Å². The lowest BCUT2D eigenvalue weighted by Crippen LogP contribution is -2.39. The molecule has 0 aliphatic carbocycles. The highest BCUT2D eigenvalue weighted by Gasteiger charge is 2.16. The molecule has 7 heteroatoms. The molecule has 0 aromatic heterocycles. The molecule has 0 heterocycles. The van der Waals surface area contributed by atoms with Crippen molar-refractivity contribution in [1.29, 1.82) is 0 Å². The summed E-state index contributed by atoms with van der Waals surface area (Å²) in [5.41, 5.74) is 0.893. The molecule has 26 heavy (non-hydrogen) atoms. The van der Waals surface area contributed by atoms with E-state index in [1.54, 1.807) is 25.3 Å². The van der Waals surface area contributed by atoms with Crippen molar-refractivity contribution in [3.63, 3.8) is 0 Å². The topological polar surface area (TPSA) is 59.6 Å². The van der Waals surface area contributed by atoms with E-state index in [1.165, 1.54) is 6.07 Å². The van der Waals surface area contributed by atoms with Gasteiger partial charge in [-0.2, -0.15) is 0 Å². The average Bonchev–Trinajstić information content (AvgIpc) is 2.64. The number of carbonyl (C=O) groups excluding carboxylic acids is 1. The van der Waals surface area contributed by atoms with E-state index in [4.69, 9.17) is 9.47 Å². The van der Waals surface area contributed by atoms with E-state index >= 15 is 0 Å². The number of carbonyl (C=O) groups is 1. The normalized spacial score (nSPS) is 11.3. The molecular formula is C19H24ClFN2O3. The molecule has 2 rings (SSSR count). The molecule has 1 unspecified atom stereocenters. The molecule has 0 saturated heterocycles. The summed E-state index contributed by atoms with van der Waals surface area (Å²) in [6, 6.07) is 15.3. The lowest BCUT2D eigenvalue weighted by atomic mass is 10.1. The lowest BCUT2D eigenvalue weighted by Gasteiger charge is -2.20. The van der Waals surface area contributed by atoms with Crippen molar-refractivity contribution in [2.45, 2.75) is 6.04 Å². The number of amides is 1. The van der Waals surface area contributed by atoms with Gasteiger partial charge in [-0.05, 0) is 17.7 Å². The summed E-state index contributed by atoms with van der Waals surface area (Å²) < 4.78 is 24.2. The molecule has 0 fully saturated rings. The van der Waals surface area contributed by atoms with Gasteiger partial charge in [0.05, 0.1) is 19.2 Å². The van der Waals surface area contributed by atoms with E-state index in [0.717, 1.165) is 5.56 Å². The standard InChI is InChI=1S/C19H23FN2O3.ClH/c1-24-12-11-21-13-19(23)22-17(15-7-3-2-4-8-15)14-25-18-10-6-5-9-16(18)20;/h2-10,17,21H,11-14H2,1H3,(H,22,23);1H. The van der Waals surface area contributed by atoms with Crippen molar-refractivity contribution < 1.29 is 18.7 Å². The van der Waals surface area contributed by atoms with E-state index in [0.29, 0.717) is 13.2 Å². The summed E-state index contributed by atoms with van der Waals surface area (Å²) in [7, 11) is 1.60. The van der Waals surface area contributed by atoms with Crippen LogP contribution in [0.1, 0.15) is 11.6 Å². The van der Waals surface area contributed by atoms with Gasteiger partial charge in [-0.3, -0.25) is 4.79 Å². The van der Waals surface area contributed by atoms with E-state index in [9.17, 15) is 9.18 Å². The molecule has 0 aliphatic rings. The van der Waals surface area contributed by atoms with Gasteiger partial charge >= 0.3 is 0 Å². The molecule has 2 aromatic carbocycles. The summed E-state index contributed by atoms with van der Waals surface area (Å²) in [5.74, 6) is -0.431. The summed E-state index contributed by atoms with van der Waals surface area (Å²) in [5, 5.41) is 5.90. The predicted molar refractivity (Wildman–Crippen MR) is 101 cm³/mol. The Morgan fingerprint density at radius 1 is 1.12 bits per heavy atom. The van der Waals surface area contributed by atoms with Crippen LogP contribution in [-0.4, -0.2) is 39.3 Å². The van der Waals surface area contributed by atoms with E-state index in [1.807, 2.05) is 30.3 Å². The first kappa shape index (κ1) is 21.9. The van der Waals surface area contributed by atoms with Crippen molar-refractivity contribution in [3.8, 4) is 5.75 Å². The van der Waals surface area contributed by atoms with Gasteiger partial charge in [0, 0.05) is 13.7 Å². The highest BCUT2D eigenvalue weighted by atomic mass is 35.5. The van der Waals surface area contributed by atoms with Crippen molar-refractivity contribution in [3.05, 3.63) is 66.0 Å². The molecule has 0 radical (unpaired) electrons. The van der Waals surface area contributed by atoms with Crippen LogP contribution >= 0.6 is 12.4 Å². The zero-order valence-electron chi connectivity index (χ0n) is 14.6. The van der Waals surface area contributed by atoms with Gasteiger partial charge in [0.25, 0.3) is 0 Å². The number of hydrogen-bond donors (Lipinski definition) is 2. The summed E-state index contributed by atoms with van der Waals surface area (Å²) in [6.45, 7) is 1.43. The molecule has 2 N–H and O–H groups in total. The second-order valence-electron chi connectivity index (χ2n) is 5.44. The van der Waals surface area contributed by atoms with E-state index < -0.39 is 5.82 Å². The Labute approximate surface area is 159 Å². The first-order valence-electron chi connectivity index (χ1n) is 8.12. The molecule has 5 nitrogen and oxygen atoms in total. The molecule has 0 bridgehead atoms. The maximum atomic E-state index is 13.7. The molecule has 2 aromatic rings. The monoisotopic (exact) mass is 382 g/mol. The number of halogens is 2. The predicted octanol–water partition coefficient (Wildman–Crippen LogP) is 2.72. The van der Waals surface area contributed by atoms with Gasteiger partial charge < -0.3 is 20.1 Å². The fourth-order valence-electron chi connectivity index (χ4n) is 2.26. The Bertz CT molecular complexity index is 658. The minimum atomic E-state index is -0.429. The van der Waals surface area contributed by atoms with E-state index in [2.05, 4.69) is 10.6 Å². The number of hydrogen-bond acceptors (Lipinski definition) is 4. The van der Waals surface area contributed by atoms with Crippen molar-refractivity contribution in [2.75, 3.05) is 33.4 Å². The highest BCUT2D eigenvalue weighted by Crippen LogP contribution is 2.19. The Kier molecular flexibility index (Phi) is 10.3. The Morgan fingerprint density at radius 2 is 1.81 bits per heavy atom. The van der Waals surface area contributed by atoms with Crippen molar-refractivity contribution in [1.82, 2.24) is 10.6 Å². The third kappa shape index (κ3) is 7.39.